The highest BCUT2D eigenvalue weighted by Gasteiger charge is 2.11. The monoisotopic (exact) mass is 214 g/mol. The summed E-state index contributed by atoms with van der Waals surface area (Å²) in [4.78, 5) is 11.7. The van der Waals surface area contributed by atoms with Gasteiger partial charge in [-0.25, -0.2) is 0 Å². The molecule has 0 saturated carbocycles. The van der Waals surface area contributed by atoms with Crippen molar-refractivity contribution in [2.45, 2.75) is 13.0 Å². The molecule has 1 heterocycles. The van der Waals surface area contributed by atoms with E-state index in [1.165, 1.54) is 11.1 Å². The third-order valence-electron chi connectivity index (χ3n) is 2.71. The summed E-state index contributed by atoms with van der Waals surface area (Å²) in [5, 5.41) is 5.95. The first-order valence-electron chi connectivity index (χ1n) is 5.35. The van der Waals surface area contributed by atoms with Crippen LogP contribution < -0.4 is 10.6 Å². The Morgan fingerprint density at radius 1 is 1.50 bits per heavy atom. The highest BCUT2D eigenvalue weighted by atomic mass is 16.1. The summed E-state index contributed by atoms with van der Waals surface area (Å²) in [6.07, 6.45) is 6.12. The molecule has 16 heavy (non-hydrogen) atoms. The van der Waals surface area contributed by atoms with Gasteiger partial charge < -0.3 is 10.6 Å². The number of nitrogens with one attached hydrogen (secondary N) is 2. The van der Waals surface area contributed by atoms with E-state index in [-0.39, 0.29) is 12.5 Å². The number of carbonyl (C=O) groups is 1. The van der Waals surface area contributed by atoms with Crippen LogP contribution in [0.2, 0.25) is 0 Å². The Kier molecular flexibility index (Phi) is 3.23. The average molecular weight is 214 g/mol. The fourth-order valence-corrected chi connectivity index (χ4v) is 1.86. The Balaban J connectivity index is 2.17. The molecule has 0 bridgehead atoms. The maximum absolute atomic E-state index is 11.7. The lowest BCUT2D eigenvalue weighted by Crippen LogP contribution is -2.26. The number of rotatable bonds is 2. The summed E-state index contributed by atoms with van der Waals surface area (Å²) < 4.78 is 0. The lowest BCUT2D eigenvalue weighted by atomic mass is 9.98. The van der Waals surface area contributed by atoms with E-state index >= 15 is 0 Å². The molecule has 1 aliphatic rings. The van der Waals surface area contributed by atoms with Gasteiger partial charge in [0.05, 0.1) is 6.54 Å². The molecule has 2 N–H and O–H groups in total. The SMILES string of the molecule is C#CCNC(=O)c1ccc2c(c1)CNCC2. The van der Waals surface area contributed by atoms with E-state index in [9.17, 15) is 4.79 Å². The fourth-order valence-electron chi connectivity index (χ4n) is 1.86. The number of fused-ring (bicyclic) bond motifs is 1. The van der Waals surface area contributed by atoms with Gasteiger partial charge in [0, 0.05) is 12.1 Å². The van der Waals surface area contributed by atoms with Crippen molar-refractivity contribution in [3.05, 3.63) is 34.9 Å². The number of carbonyl (C=O) groups excluding carboxylic acids is 1. The van der Waals surface area contributed by atoms with E-state index < -0.39 is 0 Å². The van der Waals surface area contributed by atoms with Gasteiger partial charge in [0.1, 0.15) is 0 Å². The largest absolute Gasteiger partial charge is 0.341 e. The minimum atomic E-state index is -0.105. The maximum Gasteiger partial charge on any atom is 0.252 e. The van der Waals surface area contributed by atoms with Gasteiger partial charge in [-0.05, 0) is 36.2 Å². The second kappa shape index (κ2) is 4.82. The quantitative estimate of drug-likeness (QED) is 0.711. The van der Waals surface area contributed by atoms with Gasteiger partial charge in [-0.3, -0.25) is 4.79 Å². The van der Waals surface area contributed by atoms with E-state index in [2.05, 4.69) is 16.6 Å². The summed E-state index contributed by atoms with van der Waals surface area (Å²) in [5.74, 6) is 2.28. The summed E-state index contributed by atoms with van der Waals surface area (Å²) in [5.41, 5.74) is 3.21. The smallest absolute Gasteiger partial charge is 0.252 e. The lowest BCUT2D eigenvalue weighted by molar-refractivity contribution is 0.0958. The van der Waals surface area contributed by atoms with Crippen molar-refractivity contribution in [2.75, 3.05) is 13.1 Å². The van der Waals surface area contributed by atoms with Gasteiger partial charge in [-0.2, -0.15) is 0 Å². The summed E-state index contributed by atoms with van der Waals surface area (Å²) in [6, 6.07) is 5.82. The molecule has 0 fully saturated rings. The second-order valence-electron chi connectivity index (χ2n) is 3.80. The lowest BCUT2D eigenvalue weighted by Gasteiger charge is -2.17. The predicted molar refractivity (Wildman–Crippen MR) is 63.0 cm³/mol. The third-order valence-corrected chi connectivity index (χ3v) is 2.71. The average Bonchev–Trinajstić information content (AvgIpc) is 2.35. The van der Waals surface area contributed by atoms with Crippen molar-refractivity contribution in [1.29, 1.82) is 0 Å². The van der Waals surface area contributed by atoms with Gasteiger partial charge in [0.2, 0.25) is 0 Å². The molecule has 1 aromatic rings. The normalized spacial score (nSPS) is 13.7. The second-order valence-corrected chi connectivity index (χ2v) is 3.80. The highest BCUT2D eigenvalue weighted by Crippen LogP contribution is 2.15. The molecular weight excluding hydrogens is 200 g/mol. The van der Waals surface area contributed by atoms with Gasteiger partial charge in [-0.15, -0.1) is 6.42 Å². The molecule has 2 rings (SSSR count). The Morgan fingerprint density at radius 2 is 2.38 bits per heavy atom. The van der Waals surface area contributed by atoms with Gasteiger partial charge in [-0.1, -0.05) is 12.0 Å². The molecule has 0 spiro atoms. The van der Waals surface area contributed by atoms with Crippen LogP contribution in [0.15, 0.2) is 18.2 Å². The first kappa shape index (κ1) is 10.7. The Labute approximate surface area is 95.2 Å². The van der Waals surface area contributed by atoms with Crippen molar-refractivity contribution in [1.82, 2.24) is 10.6 Å². The maximum atomic E-state index is 11.7. The Bertz CT molecular complexity index is 446. The number of benzene rings is 1. The van der Waals surface area contributed by atoms with Crippen molar-refractivity contribution < 1.29 is 4.79 Å². The van der Waals surface area contributed by atoms with Crippen LogP contribution in [0.3, 0.4) is 0 Å². The standard InChI is InChI=1S/C13H14N2O/c1-2-6-15-13(16)11-4-3-10-5-7-14-9-12(10)8-11/h1,3-4,8,14H,5-7,9H2,(H,15,16). The van der Waals surface area contributed by atoms with Crippen LogP contribution in [0.25, 0.3) is 0 Å². The molecule has 0 atom stereocenters. The molecule has 1 aliphatic heterocycles. The molecule has 0 aromatic heterocycles. The Morgan fingerprint density at radius 3 is 3.19 bits per heavy atom. The summed E-state index contributed by atoms with van der Waals surface area (Å²) in [6.45, 7) is 2.12. The van der Waals surface area contributed by atoms with Crippen molar-refractivity contribution >= 4 is 5.91 Å². The van der Waals surface area contributed by atoms with E-state index in [0.29, 0.717) is 5.56 Å². The van der Waals surface area contributed by atoms with Crippen molar-refractivity contribution in [3.8, 4) is 12.3 Å². The van der Waals surface area contributed by atoms with Crippen molar-refractivity contribution in [2.24, 2.45) is 0 Å². The van der Waals surface area contributed by atoms with Crippen LogP contribution in [0.4, 0.5) is 0 Å². The predicted octanol–water partition coefficient (Wildman–Crippen LogP) is 0.695. The topological polar surface area (TPSA) is 41.1 Å². The van der Waals surface area contributed by atoms with Gasteiger partial charge >= 0.3 is 0 Å². The molecule has 0 saturated heterocycles. The molecule has 1 amide bonds. The molecule has 0 aliphatic carbocycles. The molecule has 3 nitrogen and oxygen atoms in total. The number of amides is 1. The molecule has 0 radical (unpaired) electrons. The van der Waals surface area contributed by atoms with Gasteiger partial charge in [0.15, 0.2) is 0 Å². The van der Waals surface area contributed by atoms with Crippen LogP contribution in [0.5, 0.6) is 0 Å². The fraction of sp³-hybridized carbons (Fsp3) is 0.308. The third kappa shape index (κ3) is 2.23. The van der Waals surface area contributed by atoms with Crippen LogP contribution in [0.1, 0.15) is 21.5 Å². The molecular formula is C13H14N2O. The number of hydrogen-bond acceptors (Lipinski definition) is 2. The van der Waals surface area contributed by atoms with Crippen molar-refractivity contribution in [3.63, 3.8) is 0 Å². The van der Waals surface area contributed by atoms with Crippen LogP contribution >= 0.6 is 0 Å². The zero-order valence-electron chi connectivity index (χ0n) is 9.05. The first-order chi connectivity index (χ1) is 7.81. The van der Waals surface area contributed by atoms with Crippen LogP contribution in [0, 0.1) is 12.3 Å². The van der Waals surface area contributed by atoms with E-state index in [1.807, 2.05) is 18.2 Å². The van der Waals surface area contributed by atoms with E-state index in [1.54, 1.807) is 0 Å². The minimum absolute atomic E-state index is 0.105. The van der Waals surface area contributed by atoms with Crippen LogP contribution in [-0.4, -0.2) is 19.0 Å². The van der Waals surface area contributed by atoms with Crippen LogP contribution in [-0.2, 0) is 13.0 Å². The summed E-state index contributed by atoms with van der Waals surface area (Å²) >= 11 is 0. The molecule has 0 unspecified atom stereocenters. The van der Waals surface area contributed by atoms with Gasteiger partial charge in [0.25, 0.3) is 5.91 Å². The highest BCUT2D eigenvalue weighted by molar-refractivity contribution is 5.94. The zero-order chi connectivity index (χ0) is 11.4. The Hall–Kier alpha value is -1.79. The number of hydrogen-bond donors (Lipinski definition) is 2. The molecule has 3 heteroatoms. The zero-order valence-corrected chi connectivity index (χ0v) is 9.05. The number of terminal acetylenes is 1. The first-order valence-corrected chi connectivity index (χ1v) is 5.35. The van der Waals surface area contributed by atoms with E-state index in [0.717, 1.165) is 19.5 Å². The molecule has 82 valence electrons. The summed E-state index contributed by atoms with van der Waals surface area (Å²) in [7, 11) is 0. The minimum Gasteiger partial charge on any atom is -0.341 e. The van der Waals surface area contributed by atoms with E-state index in [4.69, 9.17) is 6.42 Å². The molecule has 1 aromatic carbocycles.